The van der Waals surface area contributed by atoms with E-state index in [-0.39, 0.29) is 22.4 Å². The number of hydrogen-bond acceptors (Lipinski definition) is 2. The van der Waals surface area contributed by atoms with Gasteiger partial charge in [0.15, 0.2) is 15.2 Å². The number of terminal acetylenes is 1. The number of rotatable bonds is 4. The van der Waals surface area contributed by atoms with Gasteiger partial charge in [0.05, 0.1) is 5.56 Å². The molecular formula is C24H21O2S+. The van der Waals surface area contributed by atoms with Crippen LogP contribution < -0.4 is 0 Å². The van der Waals surface area contributed by atoms with E-state index in [0.29, 0.717) is 5.56 Å². The predicted octanol–water partition coefficient (Wildman–Crippen LogP) is 6.09. The lowest BCUT2D eigenvalue weighted by atomic mass is 9.87. The Morgan fingerprint density at radius 3 is 2.70 bits per heavy atom. The molecular weight excluding hydrogens is 352 g/mol. The van der Waals surface area contributed by atoms with Crippen LogP contribution in [0.1, 0.15) is 30.1 Å². The van der Waals surface area contributed by atoms with Gasteiger partial charge in [-0.05, 0) is 44.0 Å². The van der Waals surface area contributed by atoms with E-state index in [1.54, 1.807) is 6.07 Å². The summed E-state index contributed by atoms with van der Waals surface area (Å²) in [5, 5.41) is 3.44. The molecule has 2 nitrogen and oxygen atoms in total. The maximum Gasteiger partial charge on any atom is 0.339 e. The molecule has 3 heteroatoms. The van der Waals surface area contributed by atoms with Crippen LogP contribution in [0.25, 0.3) is 15.0 Å². The Morgan fingerprint density at radius 1 is 1.15 bits per heavy atom. The molecule has 1 heterocycles. The molecule has 0 spiro atoms. The maximum atomic E-state index is 12.8. The van der Waals surface area contributed by atoms with Crippen molar-refractivity contribution in [1.82, 2.24) is 0 Å². The van der Waals surface area contributed by atoms with Crippen molar-refractivity contribution in [3.8, 4) is 17.2 Å². The van der Waals surface area contributed by atoms with Crippen molar-refractivity contribution < 1.29 is 9.53 Å². The zero-order chi connectivity index (χ0) is 18.9. The molecule has 1 aliphatic rings. The fraction of sp³-hybridized carbons (Fsp3) is 0.208. The topological polar surface area (TPSA) is 26.3 Å². The van der Waals surface area contributed by atoms with Gasteiger partial charge in [-0.25, -0.2) is 4.79 Å². The molecule has 1 aliphatic carbocycles. The minimum absolute atomic E-state index is 0.140. The molecule has 1 aromatic heterocycles. The summed E-state index contributed by atoms with van der Waals surface area (Å²) in [5.74, 6) is 2.49. The smallest absolute Gasteiger partial charge is 0.339 e. The van der Waals surface area contributed by atoms with E-state index in [1.807, 2.05) is 25.1 Å². The molecule has 3 aromatic rings. The monoisotopic (exact) mass is 373 g/mol. The molecule has 2 atom stereocenters. The minimum atomic E-state index is -0.890. The number of benzene rings is 2. The third kappa shape index (κ3) is 3.29. The van der Waals surface area contributed by atoms with Crippen molar-refractivity contribution in [3.05, 3.63) is 77.7 Å². The molecule has 0 aliphatic heterocycles. The lowest BCUT2D eigenvalue weighted by Gasteiger charge is -2.30. The number of esters is 1. The van der Waals surface area contributed by atoms with Gasteiger partial charge in [0.1, 0.15) is 5.38 Å². The summed E-state index contributed by atoms with van der Waals surface area (Å²) in [5.41, 5.74) is -0.344. The van der Waals surface area contributed by atoms with Crippen LogP contribution in [0, 0.1) is 18.3 Å². The van der Waals surface area contributed by atoms with E-state index in [0.717, 1.165) is 17.7 Å². The fourth-order valence-corrected chi connectivity index (χ4v) is 5.48. The van der Waals surface area contributed by atoms with Gasteiger partial charge in [0, 0.05) is 33.9 Å². The molecule has 134 valence electrons. The Morgan fingerprint density at radius 2 is 1.93 bits per heavy atom. The highest BCUT2D eigenvalue weighted by Crippen LogP contribution is 2.40. The highest BCUT2D eigenvalue weighted by molar-refractivity contribution is 7.43. The Bertz CT molecular complexity index is 1060. The maximum absolute atomic E-state index is 12.8. The summed E-state index contributed by atoms with van der Waals surface area (Å²) in [4.78, 5) is 13.9. The van der Waals surface area contributed by atoms with Crippen LogP contribution in [0.4, 0.5) is 0 Å². The average molecular weight is 373 g/mol. The van der Waals surface area contributed by atoms with E-state index >= 15 is 0 Å². The number of allylic oxidation sites excluding steroid dienone is 2. The van der Waals surface area contributed by atoms with Gasteiger partial charge in [-0.15, -0.1) is 6.42 Å². The lowest BCUT2D eigenvalue weighted by molar-refractivity contribution is -0.00682. The summed E-state index contributed by atoms with van der Waals surface area (Å²) in [6.45, 7) is 1.84. The van der Waals surface area contributed by atoms with Crippen LogP contribution in [-0.2, 0) is 4.74 Å². The molecule has 0 amide bonds. The summed E-state index contributed by atoms with van der Waals surface area (Å²) in [6, 6.07) is 18.2. The van der Waals surface area contributed by atoms with Gasteiger partial charge >= 0.3 is 5.97 Å². The SMILES string of the molecule is C#CC(C)(OC(=O)c1cccc(-[s+]2ccc3ccccc32)c1)C1CC=CC1. The molecule has 0 saturated heterocycles. The Balaban J connectivity index is 1.62. The first-order valence-electron chi connectivity index (χ1n) is 9.07. The van der Waals surface area contributed by atoms with Crippen molar-refractivity contribution in [1.29, 1.82) is 0 Å². The minimum Gasteiger partial charge on any atom is -0.442 e. The quantitative estimate of drug-likeness (QED) is 0.239. The van der Waals surface area contributed by atoms with Crippen LogP contribution in [0.5, 0.6) is 0 Å². The van der Waals surface area contributed by atoms with E-state index in [4.69, 9.17) is 11.2 Å². The average Bonchev–Trinajstić information content (AvgIpc) is 3.38. The molecule has 2 unspecified atom stereocenters. The zero-order valence-electron chi connectivity index (χ0n) is 15.2. The van der Waals surface area contributed by atoms with Gasteiger partial charge in [-0.1, -0.05) is 36.3 Å². The second-order valence-corrected chi connectivity index (χ2v) is 8.85. The summed E-state index contributed by atoms with van der Waals surface area (Å²) in [6.07, 6.45) is 11.6. The molecule has 0 saturated carbocycles. The number of carbonyl (C=O) groups excluding carboxylic acids is 1. The first-order valence-corrected chi connectivity index (χ1v) is 10.4. The standard InChI is InChI=1S/C24H21O2S/c1-3-24(2,20-11-5-6-12-20)26-23(25)19-10-8-13-21(17-19)27-16-15-18-9-4-7-14-22(18)27/h1,4-10,13-17,20H,11-12H2,2H3/q+1. The van der Waals surface area contributed by atoms with E-state index in [9.17, 15) is 4.79 Å². The highest BCUT2D eigenvalue weighted by Gasteiger charge is 2.37. The molecule has 0 fully saturated rings. The van der Waals surface area contributed by atoms with Crippen molar-refractivity contribution in [2.75, 3.05) is 0 Å². The van der Waals surface area contributed by atoms with Crippen LogP contribution in [-0.4, -0.2) is 11.6 Å². The molecule has 0 bridgehead atoms. The van der Waals surface area contributed by atoms with Crippen molar-refractivity contribution in [3.63, 3.8) is 0 Å². The van der Waals surface area contributed by atoms with E-state index in [1.165, 1.54) is 10.1 Å². The second kappa shape index (κ2) is 7.06. The summed E-state index contributed by atoms with van der Waals surface area (Å²) in [7, 11) is -0.158. The normalized spacial score (nSPS) is 16.8. The number of hydrogen-bond donors (Lipinski definition) is 0. The first kappa shape index (κ1) is 17.6. The Labute approximate surface area is 162 Å². The Hall–Kier alpha value is -2.83. The summed E-state index contributed by atoms with van der Waals surface area (Å²) >= 11 is 0. The van der Waals surface area contributed by atoms with Gasteiger partial charge in [-0.2, -0.15) is 0 Å². The van der Waals surface area contributed by atoms with Gasteiger partial charge < -0.3 is 4.74 Å². The largest absolute Gasteiger partial charge is 0.442 e. The van der Waals surface area contributed by atoms with Crippen LogP contribution in [0.2, 0.25) is 0 Å². The Kier molecular flexibility index (Phi) is 4.59. The van der Waals surface area contributed by atoms with Gasteiger partial charge in [0.2, 0.25) is 0 Å². The van der Waals surface area contributed by atoms with E-state index < -0.39 is 5.60 Å². The number of carbonyl (C=O) groups is 1. The summed E-state index contributed by atoms with van der Waals surface area (Å²) < 4.78 is 7.10. The molecule has 0 N–H and O–H groups in total. The zero-order valence-corrected chi connectivity index (χ0v) is 16.0. The van der Waals surface area contributed by atoms with Crippen molar-refractivity contribution in [2.24, 2.45) is 5.92 Å². The van der Waals surface area contributed by atoms with Crippen LogP contribution in [0.15, 0.2) is 72.1 Å². The lowest BCUT2D eigenvalue weighted by Crippen LogP contribution is -2.37. The number of ether oxygens (including phenoxy) is 1. The third-order valence-electron chi connectivity index (χ3n) is 5.24. The first-order chi connectivity index (χ1) is 13.1. The molecule has 0 radical (unpaired) electrons. The van der Waals surface area contributed by atoms with E-state index in [2.05, 4.69) is 53.8 Å². The molecule has 27 heavy (non-hydrogen) atoms. The number of thiophene rings is 1. The predicted molar refractivity (Wildman–Crippen MR) is 112 cm³/mol. The second-order valence-electron chi connectivity index (χ2n) is 6.99. The van der Waals surface area contributed by atoms with Crippen LogP contribution >= 0.6 is 10.5 Å². The van der Waals surface area contributed by atoms with Crippen molar-refractivity contribution in [2.45, 2.75) is 25.4 Å². The fourth-order valence-electron chi connectivity index (χ4n) is 3.55. The van der Waals surface area contributed by atoms with Crippen molar-refractivity contribution >= 4 is 26.5 Å². The van der Waals surface area contributed by atoms with Gasteiger partial charge in [0.25, 0.3) is 0 Å². The molecule has 4 rings (SSSR count). The third-order valence-corrected chi connectivity index (χ3v) is 7.26. The van der Waals surface area contributed by atoms with Gasteiger partial charge in [-0.3, -0.25) is 0 Å². The number of fused-ring (bicyclic) bond motifs is 1. The highest BCUT2D eigenvalue weighted by atomic mass is 32.2. The molecule has 2 aromatic carbocycles. The van der Waals surface area contributed by atoms with Crippen LogP contribution in [0.3, 0.4) is 0 Å².